The van der Waals surface area contributed by atoms with Gasteiger partial charge in [-0.25, -0.2) is 4.98 Å². The van der Waals surface area contributed by atoms with E-state index in [9.17, 15) is 10.1 Å². The molecule has 0 bridgehead atoms. The van der Waals surface area contributed by atoms with Gasteiger partial charge in [0, 0.05) is 55.6 Å². The van der Waals surface area contributed by atoms with Crippen molar-refractivity contribution in [3.8, 4) is 6.07 Å². The summed E-state index contributed by atoms with van der Waals surface area (Å²) in [5.41, 5.74) is 4.41. The van der Waals surface area contributed by atoms with E-state index in [-0.39, 0.29) is 5.60 Å². The van der Waals surface area contributed by atoms with Gasteiger partial charge in [0.2, 0.25) is 0 Å². The minimum Gasteiger partial charge on any atom is -0.400 e. The summed E-state index contributed by atoms with van der Waals surface area (Å²) < 4.78 is 6.15. The Balaban J connectivity index is 0.00000167. The number of hydrogen-bond acceptors (Lipinski definition) is 8. The van der Waals surface area contributed by atoms with Crippen molar-refractivity contribution in [1.82, 2.24) is 10.3 Å². The first kappa shape index (κ1) is 27.2. The molecule has 35 heavy (non-hydrogen) atoms. The van der Waals surface area contributed by atoms with E-state index in [0.717, 1.165) is 60.6 Å². The van der Waals surface area contributed by atoms with Crippen molar-refractivity contribution in [2.75, 3.05) is 30.9 Å². The molecule has 1 aromatic carbocycles. The van der Waals surface area contributed by atoms with Gasteiger partial charge in [-0.1, -0.05) is 24.3 Å². The van der Waals surface area contributed by atoms with Crippen LogP contribution < -0.4 is 10.2 Å². The number of benzene rings is 1. The molecule has 8 heteroatoms. The maximum atomic E-state index is 10.9. The highest BCUT2D eigenvalue weighted by Crippen LogP contribution is 2.39. The van der Waals surface area contributed by atoms with Gasteiger partial charge in [-0.15, -0.1) is 11.8 Å². The molecule has 7 nitrogen and oxygen atoms in total. The van der Waals surface area contributed by atoms with E-state index in [0.29, 0.717) is 36.2 Å². The van der Waals surface area contributed by atoms with Gasteiger partial charge in [-0.05, 0) is 45.2 Å². The van der Waals surface area contributed by atoms with E-state index in [1.54, 1.807) is 11.8 Å². The number of aldehydes is 1. The summed E-state index contributed by atoms with van der Waals surface area (Å²) in [7, 11) is 1.00. The summed E-state index contributed by atoms with van der Waals surface area (Å²) >= 11 is 1.64. The minimum absolute atomic E-state index is 0.302. The molecule has 2 aliphatic rings. The van der Waals surface area contributed by atoms with Crippen LogP contribution in [0.25, 0.3) is 0 Å². The summed E-state index contributed by atoms with van der Waals surface area (Å²) in [5.74, 6) is 1.78. The lowest BCUT2D eigenvalue weighted by molar-refractivity contribution is -0.0402. The quantitative estimate of drug-likeness (QED) is 0.461. The second-order valence-electron chi connectivity index (χ2n) is 9.74. The van der Waals surface area contributed by atoms with Crippen molar-refractivity contribution >= 4 is 23.9 Å². The number of piperazine rings is 1. The molecule has 2 aliphatic heterocycles. The van der Waals surface area contributed by atoms with Gasteiger partial charge in [0.15, 0.2) is 0 Å². The number of anilines is 1. The third-order valence-corrected chi connectivity index (χ3v) is 7.26. The van der Waals surface area contributed by atoms with Crippen molar-refractivity contribution in [3.05, 3.63) is 52.1 Å². The second kappa shape index (κ2) is 12.0. The summed E-state index contributed by atoms with van der Waals surface area (Å²) in [6, 6.07) is 10.9. The molecular formula is C27H36N4O3S. The van der Waals surface area contributed by atoms with Crippen LogP contribution in [-0.4, -0.2) is 60.0 Å². The summed E-state index contributed by atoms with van der Waals surface area (Å²) in [6.07, 6.45) is 2.41. The Labute approximate surface area is 212 Å². The third-order valence-electron chi connectivity index (χ3n) is 6.28. The maximum Gasteiger partial charge on any atom is 0.150 e. The Bertz CT molecular complexity index is 1060. The average molecular weight is 497 g/mol. The Kier molecular flexibility index (Phi) is 9.31. The van der Waals surface area contributed by atoms with Crippen molar-refractivity contribution < 1.29 is 14.6 Å². The fraction of sp³-hybridized carbons (Fsp3) is 0.519. The monoisotopic (exact) mass is 496 g/mol. The van der Waals surface area contributed by atoms with Crippen LogP contribution in [0.5, 0.6) is 0 Å². The number of fused-ring (bicyclic) bond motifs is 1. The number of aryl methyl sites for hydroxylation is 1. The van der Waals surface area contributed by atoms with E-state index >= 15 is 0 Å². The van der Waals surface area contributed by atoms with E-state index in [4.69, 9.17) is 14.8 Å². The van der Waals surface area contributed by atoms with E-state index in [1.165, 1.54) is 5.56 Å². The number of carbonyl (C=O) groups is 1. The number of nitrogens with zero attached hydrogens (tertiary/aromatic N) is 3. The normalized spacial score (nSPS) is 20.8. The topological polar surface area (TPSA) is 98.5 Å². The molecule has 0 saturated carbocycles. The van der Waals surface area contributed by atoms with Crippen LogP contribution in [0.4, 0.5) is 5.82 Å². The number of aliphatic hydroxyl groups is 1. The zero-order valence-corrected chi connectivity index (χ0v) is 22.1. The van der Waals surface area contributed by atoms with Gasteiger partial charge < -0.3 is 20.1 Å². The molecule has 0 aliphatic carbocycles. The zero-order chi connectivity index (χ0) is 25.6. The smallest absolute Gasteiger partial charge is 0.150 e. The first-order chi connectivity index (χ1) is 16.8. The summed E-state index contributed by atoms with van der Waals surface area (Å²) in [6.45, 7) is 10.8. The number of thioether (sulfide) groups is 1. The largest absolute Gasteiger partial charge is 0.400 e. The third kappa shape index (κ3) is 6.62. The molecule has 2 unspecified atom stereocenters. The maximum absolute atomic E-state index is 10.9. The standard InChI is InChI=1S/C26H32N4O2S.CH4O/c1-17-13-30(14-18(2)28-17)24-23-16-32-26(3,4)11-21(23)22(12-27)25(29-24)33-10-9-19-5-7-20(15-31)8-6-19;1-2/h5-8,15,17-18,28H,9-11,13-14,16H2,1-4H3;2H,1H3. The number of aliphatic hydroxyl groups excluding tert-OH is 1. The molecule has 1 fully saturated rings. The number of rotatable bonds is 6. The number of carbonyl (C=O) groups excluding carboxylic acids is 1. The number of pyridine rings is 1. The van der Waals surface area contributed by atoms with Crippen LogP contribution in [0, 0.1) is 11.3 Å². The molecule has 1 aromatic heterocycles. The van der Waals surface area contributed by atoms with Crippen LogP contribution in [0.3, 0.4) is 0 Å². The number of nitriles is 1. The average Bonchev–Trinajstić information content (AvgIpc) is 2.84. The van der Waals surface area contributed by atoms with E-state index < -0.39 is 0 Å². The highest BCUT2D eigenvalue weighted by atomic mass is 32.2. The molecule has 0 spiro atoms. The molecule has 2 aromatic rings. The van der Waals surface area contributed by atoms with Crippen molar-refractivity contribution in [3.63, 3.8) is 0 Å². The van der Waals surface area contributed by atoms with E-state index in [1.807, 2.05) is 24.3 Å². The molecule has 2 N–H and O–H groups in total. The van der Waals surface area contributed by atoms with Gasteiger partial charge >= 0.3 is 0 Å². The highest BCUT2D eigenvalue weighted by molar-refractivity contribution is 7.99. The number of nitrogens with one attached hydrogen (secondary N) is 1. The van der Waals surface area contributed by atoms with Gasteiger partial charge in [0.25, 0.3) is 0 Å². The van der Waals surface area contributed by atoms with Gasteiger partial charge in [0.05, 0.1) is 17.8 Å². The van der Waals surface area contributed by atoms with Crippen LogP contribution >= 0.6 is 11.8 Å². The molecule has 2 atom stereocenters. The SMILES string of the molecule is CC1CN(c2nc(SCCc3ccc(C=O)cc3)c(C#N)c3c2COC(C)(C)C3)CC(C)N1.CO. The molecule has 0 amide bonds. The predicted octanol–water partition coefficient (Wildman–Crippen LogP) is 3.75. The number of hydrogen-bond donors (Lipinski definition) is 2. The van der Waals surface area contributed by atoms with Crippen molar-refractivity contribution in [1.29, 1.82) is 5.26 Å². The lowest BCUT2D eigenvalue weighted by atomic mass is 9.89. The van der Waals surface area contributed by atoms with Crippen LogP contribution in [0.2, 0.25) is 0 Å². The lowest BCUT2D eigenvalue weighted by Crippen LogP contribution is -2.55. The minimum atomic E-state index is -0.302. The molecule has 188 valence electrons. The predicted molar refractivity (Wildman–Crippen MR) is 140 cm³/mol. The molecule has 0 radical (unpaired) electrons. The van der Waals surface area contributed by atoms with Crippen molar-refractivity contribution in [2.45, 2.75) is 69.9 Å². The fourth-order valence-corrected chi connectivity index (χ4v) is 5.73. The van der Waals surface area contributed by atoms with E-state index in [2.05, 4.69) is 44.0 Å². The molecule has 1 saturated heterocycles. The van der Waals surface area contributed by atoms with Crippen LogP contribution in [-0.2, 0) is 24.2 Å². The lowest BCUT2D eigenvalue weighted by Gasteiger charge is -2.40. The number of aromatic nitrogens is 1. The molecule has 3 heterocycles. The highest BCUT2D eigenvalue weighted by Gasteiger charge is 2.34. The summed E-state index contributed by atoms with van der Waals surface area (Å²) in [4.78, 5) is 18.3. The zero-order valence-electron chi connectivity index (χ0n) is 21.3. The molecule has 4 rings (SSSR count). The van der Waals surface area contributed by atoms with Crippen LogP contribution in [0.1, 0.15) is 60.3 Å². The Morgan fingerprint density at radius 2 is 1.89 bits per heavy atom. The Morgan fingerprint density at radius 3 is 2.49 bits per heavy atom. The molecular weight excluding hydrogens is 460 g/mol. The van der Waals surface area contributed by atoms with Crippen molar-refractivity contribution in [2.24, 2.45) is 0 Å². The summed E-state index contributed by atoms with van der Waals surface area (Å²) in [5, 5.41) is 21.5. The Morgan fingerprint density at radius 1 is 1.23 bits per heavy atom. The fourth-order valence-electron chi connectivity index (χ4n) is 4.74. The first-order valence-corrected chi connectivity index (χ1v) is 13.0. The number of ether oxygens (including phenoxy) is 1. The second-order valence-corrected chi connectivity index (χ2v) is 10.8. The van der Waals surface area contributed by atoms with Gasteiger partial charge in [-0.3, -0.25) is 4.79 Å². The van der Waals surface area contributed by atoms with Crippen LogP contribution in [0.15, 0.2) is 29.3 Å². The van der Waals surface area contributed by atoms with Gasteiger partial charge in [0.1, 0.15) is 23.2 Å². The Hall–Kier alpha value is -2.44. The van der Waals surface area contributed by atoms with Gasteiger partial charge in [-0.2, -0.15) is 5.26 Å². The first-order valence-electron chi connectivity index (χ1n) is 12.0.